The largest absolute Gasteiger partial charge is 0.481 e. The number of carboxylic acids is 1. The number of aliphatic carboxylic acids is 1. The van der Waals surface area contributed by atoms with Gasteiger partial charge in [-0.15, -0.1) is 0 Å². The average Bonchev–Trinajstić information content (AvgIpc) is 2.49. The third-order valence-corrected chi connectivity index (χ3v) is 6.43. The number of fused-ring (bicyclic) bond motifs is 2. The highest BCUT2D eigenvalue weighted by molar-refractivity contribution is 6.25. The van der Waals surface area contributed by atoms with Crippen molar-refractivity contribution in [2.24, 2.45) is 22.7 Å². The van der Waals surface area contributed by atoms with Gasteiger partial charge < -0.3 is 5.11 Å². The van der Waals surface area contributed by atoms with E-state index in [2.05, 4.69) is 13.8 Å². The Kier molecular flexibility index (Phi) is 3.85. The molecule has 0 aromatic heterocycles. The first-order valence-electron chi connectivity index (χ1n) is 8.90. The van der Waals surface area contributed by atoms with E-state index >= 15 is 0 Å². The van der Waals surface area contributed by atoms with E-state index < -0.39 is 11.4 Å². The van der Waals surface area contributed by atoms with Crippen molar-refractivity contribution in [1.82, 2.24) is 0 Å². The zero-order valence-electron chi connectivity index (χ0n) is 14.9. The monoisotopic (exact) mass is 330 g/mol. The van der Waals surface area contributed by atoms with Gasteiger partial charge in [0.2, 0.25) is 0 Å². The Balaban J connectivity index is 2.21. The lowest BCUT2D eigenvalue weighted by Crippen LogP contribution is -2.54. The Morgan fingerprint density at radius 2 is 1.92 bits per heavy atom. The number of hydrogen-bond donors (Lipinski definition) is 1. The second-order valence-electron chi connectivity index (χ2n) is 8.51. The van der Waals surface area contributed by atoms with E-state index in [4.69, 9.17) is 0 Å². The van der Waals surface area contributed by atoms with Crippen LogP contribution >= 0.6 is 0 Å². The third-order valence-electron chi connectivity index (χ3n) is 6.43. The highest BCUT2D eigenvalue weighted by Crippen LogP contribution is 2.60. The van der Waals surface area contributed by atoms with E-state index in [-0.39, 0.29) is 28.8 Å². The van der Waals surface area contributed by atoms with Crippen molar-refractivity contribution >= 4 is 17.5 Å². The summed E-state index contributed by atoms with van der Waals surface area (Å²) in [7, 11) is 0. The molecule has 3 aliphatic rings. The number of rotatable bonds is 2. The van der Waals surface area contributed by atoms with E-state index in [0.717, 1.165) is 12.8 Å². The lowest BCUT2D eigenvalue weighted by atomic mass is 9.48. The molecule has 0 radical (unpaired) electrons. The summed E-state index contributed by atoms with van der Waals surface area (Å²) in [6, 6.07) is 0. The van der Waals surface area contributed by atoms with Crippen LogP contribution in [0.1, 0.15) is 59.8 Å². The van der Waals surface area contributed by atoms with Crippen LogP contribution in [-0.4, -0.2) is 22.6 Å². The molecule has 3 rings (SSSR count). The molecular formula is C20H26O4. The van der Waals surface area contributed by atoms with Crippen LogP contribution in [0.15, 0.2) is 22.8 Å². The van der Waals surface area contributed by atoms with Crippen molar-refractivity contribution in [3.8, 4) is 0 Å². The van der Waals surface area contributed by atoms with Crippen LogP contribution in [0.5, 0.6) is 0 Å². The summed E-state index contributed by atoms with van der Waals surface area (Å²) in [6.45, 7) is 7.99. The lowest BCUT2D eigenvalue weighted by Gasteiger charge is -2.54. The number of Topliss-reactive ketones (excluding diaryl/α,β-unsaturated/α-hetero) is 1. The van der Waals surface area contributed by atoms with Gasteiger partial charge in [-0.05, 0) is 49.0 Å². The molecule has 130 valence electrons. The summed E-state index contributed by atoms with van der Waals surface area (Å²) >= 11 is 0. The fourth-order valence-corrected chi connectivity index (χ4v) is 5.30. The third kappa shape index (κ3) is 2.15. The molecule has 0 aliphatic heterocycles. The summed E-state index contributed by atoms with van der Waals surface area (Å²) in [5.74, 6) is -1.42. The van der Waals surface area contributed by atoms with Crippen LogP contribution in [0, 0.1) is 22.7 Å². The van der Waals surface area contributed by atoms with Gasteiger partial charge in [0.1, 0.15) is 5.41 Å². The number of carbonyl (C=O) groups is 3. The van der Waals surface area contributed by atoms with Crippen LogP contribution in [0.4, 0.5) is 0 Å². The van der Waals surface area contributed by atoms with Crippen LogP contribution in [0.2, 0.25) is 0 Å². The maximum absolute atomic E-state index is 12.9. The maximum atomic E-state index is 12.9. The molecule has 1 N–H and O–H groups in total. The summed E-state index contributed by atoms with van der Waals surface area (Å²) in [4.78, 5) is 38.2. The highest BCUT2D eigenvalue weighted by atomic mass is 16.4. The molecule has 24 heavy (non-hydrogen) atoms. The molecule has 0 saturated heterocycles. The molecular weight excluding hydrogens is 304 g/mol. The number of hydrogen-bond acceptors (Lipinski definition) is 3. The van der Waals surface area contributed by atoms with Gasteiger partial charge in [0.25, 0.3) is 0 Å². The molecule has 0 aromatic rings. The summed E-state index contributed by atoms with van der Waals surface area (Å²) < 4.78 is 0. The zero-order valence-corrected chi connectivity index (χ0v) is 14.9. The van der Waals surface area contributed by atoms with E-state index in [0.29, 0.717) is 36.0 Å². The Labute approximate surface area is 143 Å². The van der Waals surface area contributed by atoms with Crippen molar-refractivity contribution in [2.75, 3.05) is 0 Å². The van der Waals surface area contributed by atoms with Crippen LogP contribution in [-0.2, 0) is 14.4 Å². The lowest BCUT2D eigenvalue weighted by molar-refractivity contribution is -0.159. The van der Waals surface area contributed by atoms with E-state index in [1.807, 2.05) is 13.8 Å². The quantitative estimate of drug-likeness (QED) is 0.784. The highest BCUT2D eigenvalue weighted by Gasteiger charge is 2.60. The van der Waals surface area contributed by atoms with Crippen molar-refractivity contribution in [1.29, 1.82) is 0 Å². The van der Waals surface area contributed by atoms with Crippen molar-refractivity contribution in [2.45, 2.75) is 59.8 Å². The second kappa shape index (κ2) is 5.40. The summed E-state index contributed by atoms with van der Waals surface area (Å²) in [5.41, 5.74) is -0.0366. The van der Waals surface area contributed by atoms with E-state index in [9.17, 15) is 19.5 Å². The van der Waals surface area contributed by atoms with Crippen molar-refractivity contribution in [3.63, 3.8) is 0 Å². The van der Waals surface area contributed by atoms with Gasteiger partial charge >= 0.3 is 5.97 Å². The van der Waals surface area contributed by atoms with E-state index in [1.54, 1.807) is 0 Å². The fraction of sp³-hybridized carbons (Fsp3) is 0.650. The van der Waals surface area contributed by atoms with Gasteiger partial charge in [0.05, 0.1) is 0 Å². The number of carbonyl (C=O) groups excluding carboxylic acids is 2. The van der Waals surface area contributed by atoms with Gasteiger partial charge in [-0.3, -0.25) is 14.4 Å². The normalized spacial score (nSPS) is 32.4. The molecule has 2 atom stereocenters. The molecule has 0 heterocycles. The standard InChI is InChI=1S/C20H26O4/c1-11(2)13-10-14(21)16-12(17(13)22)6-7-15-19(3,4)8-5-9-20(15,16)18(23)24/h10-11,15H,5-9H2,1-4H3,(H,23,24)/t15-,20+/m0/s1. The van der Waals surface area contributed by atoms with Gasteiger partial charge in [0, 0.05) is 16.7 Å². The molecule has 0 unspecified atom stereocenters. The zero-order chi connectivity index (χ0) is 17.9. The minimum absolute atomic E-state index is 0.0307. The van der Waals surface area contributed by atoms with Crippen molar-refractivity contribution < 1.29 is 19.5 Å². The predicted molar refractivity (Wildman–Crippen MR) is 90.4 cm³/mol. The van der Waals surface area contributed by atoms with Gasteiger partial charge in [-0.25, -0.2) is 0 Å². The summed E-state index contributed by atoms with van der Waals surface area (Å²) in [6.07, 6.45) is 4.79. The number of carboxylic acid groups (broad SMARTS) is 1. The van der Waals surface area contributed by atoms with Crippen LogP contribution in [0.25, 0.3) is 0 Å². The van der Waals surface area contributed by atoms with Gasteiger partial charge in [0.15, 0.2) is 11.6 Å². The molecule has 4 heteroatoms. The molecule has 0 amide bonds. The molecule has 0 aromatic carbocycles. The van der Waals surface area contributed by atoms with Crippen LogP contribution in [0.3, 0.4) is 0 Å². The minimum Gasteiger partial charge on any atom is -0.481 e. The molecule has 0 bridgehead atoms. The molecule has 4 nitrogen and oxygen atoms in total. The Morgan fingerprint density at radius 3 is 2.50 bits per heavy atom. The predicted octanol–water partition coefficient (Wildman–Crippen LogP) is 3.71. The smallest absolute Gasteiger partial charge is 0.314 e. The first-order chi connectivity index (χ1) is 11.1. The maximum Gasteiger partial charge on any atom is 0.314 e. The average molecular weight is 330 g/mol. The van der Waals surface area contributed by atoms with Gasteiger partial charge in [-0.2, -0.15) is 0 Å². The Morgan fingerprint density at radius 1 is 1.25 bits per heavy atom. The second-order valence-corrected chi connectivity index (χ2v) is 8.51. The number of ketones is 2. The first-order valence-corrected chi connectivity index (χ1v) is 8.90. The van der Waals surface area contributed by atoms with E-state index in [1.165, 1.54) is 6.08 Å². The van der Waals surface area contributed by atoms with Crippen molar-refractivity contribution in [3.05, 3.63) is 22.8 Å². The molecule has 3 aliphatic carbocycles. The van der Waals surface area contributed by atoms with Gasteiger partial charge in [-0.1, -0.05) is 34.1 Å². The minimum atomic E-state index is -1.19. The Bertz CT molecular complexity index is 692. The topological polar surface area (TPSA) is 71.4 Å². The number of allylic oxidation sites excluding steroid dienone is 3. The molecule has 1 saturated carbocycles. The fourth-order valence-electron chi connectivity index (χ4n) is 5.30. The van der Waals surface area contributed by atoms with Crippen LogP contribution < -0.4 is 0 Å². The SMILES string of the molecule is CC(C)C1=CC(=O)C2=C(CC[C@H]3C(C)(C)CCC[C@]23C(=O)O)C1=O. The first kappa shape index (κ1) is 17.1. The summed E-state index contributed by atoms with van der Waals surface area (Å²) in [5, 5.41) is 10.2. The molecule has 0 spiro atoms. The molecule has 1 fully saturated rings. The Hall–Kier alpha value is -1.71.